The van der Waals surface area contributed by atoms with Crippen LogP contribution in [-0.2, 0) is 15.6 Å². The van der Waals surface area contributed by atoms with E-state index in [-0.39, 0.29) is 12.4 Å². The van der Waals surface area contributed by atoms with Crippen LogP contribution < -0.4 is 4.74 Å². The number of hydrogen-bond donors (Lipinski definition) is 0. The number of ether oxygens (including phenoxy) is 1. The van der Waals surface area contributed by atoms with Gasteiger partial charge in [-0.2, -0.15) is 0 Å². The van der Waals surface area contributed by atoms with E-state index >= 15 is 0 Å². The van der Waals surface area contributed by atoms with Crippen LogP contribution in [0.1, 0.15) is 12.0 Å². The number of aryl methyl sites for hydroxylation is 1. The summed E-state index contributed by atoms with van der Waals surface area (Å²) in [6.45, 7) is 1.96. The Labute approximate surface area is 91.9 Å². The van der Waals surface area contributed by atoms with Crippen molar-refractivity contribution in [3.8, 4) is 5.75 Å². The Morgan fingerprint density at radius 3 is 2.47 bits per heavy atom. The van der Waals surface area contributed by atoms with Gasteiger partial charge >= 0.3 is 5.97 Å². The Balaban J connectivity index is 2.44. The molecule has 0 saturated heterocycles. The normalized spacial score (nSPS) is 12.1. The van der Waals surface area contributed by atoms with Crippen LogP contribution >= 0.6 is 0 Å². The van der Waals surface area contributed by atoms with Crippen molar-refractivity contribution < 1.29 is 13.7 Å². The number of esters is 1. The maximum absolute atomic E-state index is 11.2. The third kappa shape index (κ3) is 4.74. The minimum Gasteiger partial charge on any atom is -0.427 e. The minimum absolute atomic E-state index is 0.191. The third-order valence-electron chi connectivity index (χ3n) is 1.85. The fourth-order valence-electron chi connectivity index (χ4n) is 1.02. The quantitative estimate of drug-likeness (QED) is 0.579. The summed E-state index contributed by atoms with van der Waals surface area (Å²) in [7, 11) is -0.949. The average molecular weight is 226 g/mol. The first-order valence-electron chi connectivity index (χ1n) is 4.65. The van der Waals surface area contributed by atoms with Crippen LogP contribution in [0.4, 0.5) is 0 Å². The van der Waals surface area contributed by atoms with E-state index in [2.05, 4.69) is 0 Å². The highest BCUT2D eigenvalue weighted by molar-refractivity contribution is 7.84. The van der Waals surface area contributed by atoms with Crippen LogP contribution in [0.15, 0.2) is 24.3 Å². The van der Waals surface area contributed by atoms with Crippen molar-refractivity contribution in [3.63, 3.8) is 0 Å². The van der Waals surface area contributed by atoms with Gasteiger partial charge in [0.25, 0.3) is 0 Å². The number of carbonyl (C=O) groups excluding carboxylic acids is 1. The summed E-state index contributed by atoms with van der Waals surface area (Å²) in [5.41, 5.74) is 1.12. The van der Waals surface area contributed by atoms with Crippen LogP contribution in [0, 0.1) is 6.92 Å². The maximum Gasteiger partial charge on any atom is 0.312 e. The summed E-state index contributed by atoms with van der Waals surface area (Å²) in [4.78, 5) is 11.2. The van der Waals surface area contributed by atoms with Crippen LogP contribution in [0.2, 0.25) is 0 Å². The second kappa shape index (κ2) is 5.66. The molecular formula is C11H14O3S. The lowest BCUT2D eigenvalue weighted by atomic mass is 10.2. The molecule has 0 aliphatic heterocycles. The van der Waals surface area contributed by atoms with Gasteiger partial charge in [-0.3, -0.25) is 9.00 Å². The van der Waals surface area contributed by atoms with E-state index < -0.39 is 10.8 Å². The average Bonchev–Trinajstić information content (AvgIpc) is 2.19. The van der Waals surface area contributed by atoms with E-state index in [9.17, 15) is 9.00 Å². The molecular weight excluding hydrogens is 212 g/mol. The Bertz CT molecular complexity index is 357. The van der Waals surface area contributed by atoms with Gasteiger partial charge < -0.3 is 4.74 Å². The number of benzene rings is 1. The number of rotatable bonds is 4. The van der Waals surface area contributed by atoms with Crippen LogP contribution in [-0.4, -0.2) is 22.2 Å². The lowest BCUT2D eigenvalue weighted by Gasteiger charge is -2.03. The molecule has 0 aliphatic rings. The zero-order chi connectivity index (χ0) is 11.3. The van der Waals surface area contributed by atoms with E-state index in [4.69, 9.17) is 4.74 Å². The van der Waals surface area contributed by atoms with Crippen molar-refractivity contribution in [2.24, 2.45) is 0 Å². The van der Waals surface area contributed by atoms with Crippen molar-refractivity contribution in [2.75, 3.05) is 12.0 Å². The first-order chi connectivity index (χ1) is 7.08. The molecule has 0 N–H and O–H groups in total. The molecule has 1 aromatic rings. The zero-order valence-electron chi connectivity index (χ0n) is 8.86. The largest absolute Gasteiger partial charge is 0.427 e. The van der Waals surface area contributed by atoms with Crippen molar-refractivity contribution in [2.45, 2.75) is 13.3 Å². The van der Waals surface area contributed by atoms with E-state index in [1.807, 2.05) is 19.1 Å². The van der Waals surface area contributed by atoms with Crippen molar-refractivity contribution >= 4 is 16.8 Å². The van der Waals surface area contributed by atoms with Crippen LogP contribution in [0.25, 0.3) is 0 Å². The van der Waals surface area contributed by atoms with Gasteiger partial charge in [0.2, 0.25) is 0 Å². The predicted molar refractivity (Wildman–Crippen MR) is 60.4 cm³/mol. The third-order valence-corrected chi connectivity index (χ3v) is 2.63. The van der Waals surface area contributed by atoms with Crippen molar-refractivity contribution in [1.29, 1.82) is 0 Å². The zero-order valence-corrected chi connectivity index (χ0v) is 9.67. The molecule has 82 valence electrons. The molecule has 0 fully saturated rings. The van der Waals surface area contributed by atoms with Gasteiger partial charge in [-0.15, -0.1) is 0 Å². The molecule has 0 aromatic heterocycles. The highest BCUT2D eigenvalue weighted by atomic mass is 32.2. The van der Waals surface area contributed by atoms with Gasteiger partial charge in [-0.25, -0.2) is 0 Å². The molecule has 4 heteroatoms. The molecule has 0 saturated carbocycles. The van der Waals surface area contributed by atoms with Crippen molar-refractivity contribution in [3.05, 3.63) is 29.8 Å². The highest BCUT2D eigenvalue weighted by Gasteiger charge is 2.05. The number of hydrogen-bond acceptors (Lipinski definition) is 3. The maximum atomic E-state index is 11.2. The van der Waals surface area contributed by atoms with Gasteiger partial charge in [-0.1, -0.05) is 17.7 Å². The summed E-state index contributed by atoms with van der Waals surface area (Å²) >= 11 is 0. The molecule has 1 aromatic carbocycles. The molecule has 0 aliphatic carbocycles. The second-order valence-electron chi connectivity index (χ2n) is 3.31. The Kier molecular flexibility index (Phi) is 4.49. The molecule has 1 atom stereocenters. The van der Waals surface area contributed by atoms with Gasteiger partial charge in [0.15, 0.2) is 0 Å². The molecule has 0 heterocycles. The summed E-state index contributed by atoms with van der Waals surface area (Å²) in [6, 6.07) is 7.24. The fraction of sp³-hybridized carbons (Fsp3) is 0.364. The summed E-state index contributed by atoms with van der Waals surface area (Å²) in [6.07, 6.45) is 1.76. The van der Waals surface area contributed by atoms with Gasteiger partial charge in [0.1, 0.15) is 5.75 Å². The molecule has 3 nitrogen and oxygen atoms in total. The van der Waals surface area contributed by atoms with Crippen molar-refractivity contribution in [1.82, 2.24) is 0 Å². The summed E-state index contributed by atoms with van der Waals surface area (Å²) < 4.78 is 15.8. The lowest BCUT2D eigenvalue weighted by molar-refractivity contribution is -0.133. The summed E-state index contributed by atoms with van der Waals surface area (Å²) in [5.74, 6) is 0.548. The molecule has 15 heavy (non-hydrogen) atoms. The van der Waals surface area contributed by atoms with Gasteiger partial charge in [0.05, 0.1) is 6.42 Å². The molecule has 0 spiro atoms. The SMILES string of the molecule is Cc1ccc(OC(=O)CCS(C)=O)cc1. The van der Waals surface area contributed by atoms with Gasteiger partial charge in [0, 0.05) is 22.8 Å². The Morgan fingerprint density at radius 2 is 1.93 bits per heavy atom. The lowest BCUT2D eigenvalue weighted by Crippen LogP contribution is -2.11. The Morgan fingerprint density at radius 1 is 1.33 bits per heavy atom. The molecule has 0 amide bonds. The highest BCUT2D eigenvalue weighted by Crippen LogP contribution is 2.11. The van der Waals surface area contributed by atoms with Crippen LogP contribution in [0.3, 0.4) is 0 Å². The first-order valence-corrected chi connectivity index (χ1v) is 6.38. The second-order valence-corrected chi connectivity index (χ2v) is 4.87. The first kappa shape index (κ1) is 11.9. The Hall–Kier alpha value is -1.16. The minimum atomic E-state index is -0.949. The van der Waals surface area contributed by atoms with Crippen LogP contribution in [0.5, 0.6) is 5.75 Å². The van der Waals surface area contributed by atoms with E-state index in [1.54, 1.807) is 18.4 Å². The smallest absolute Gasteiger partial charge is 0.312 e. The molecule has 0 bridgehead atoms. The topological polar surface area (TPSA) is 43.4 Å². The molecule has 1 rings (SSSR count). The predicted octanol–water partition coefficient (Wildman–Crippen LogP) is 1.67. The standard InChI is InChI=1S/C11H14O3S/c1-9-3-5-10(6-4-9)14-11(12)7-8-15(2)13/h3-6H,7-8H2,1-2H3. The monoisotopic (exact) mass is 226 g/mol. The fourth-order valence-corrected chi connectivity index (χ4v) is 1.47. The van der Waals surface area contributed by atoms with E-state index in [0.29, 0.717) is 11.5 Å². The number of carbonyl (C=O) groups is 1. The van der Waals surface area contributed by atoms with E-state index in [1.165, 1.54) is 0 Å². The molecule has 0 radical (unpaired) electrons. The summed E-state index contributed by atoms with van der Waals surface area (Å²) in [5, 5.41) is 0. The van der Waals surface area contributed by atoms with E-state index in [0.717, 1.165) is 5.56 Å². The molecule has 1 unspecified atom stereocenters. The van der Waals surface area contributed by atoms with Gasteiger partial charge in [-0.05, 0) is 19.1 Å².